The van der Waals surface area contributed by atoms with Gasteiger partial charge in [0.25, 0.3) is 0 Å². The van der Waals surface area contributed by atoms with Gasteiger partial charge in [-0.05, 0) is 61.2 Å². The number of piperidine rings is 1. The van der Waals surface area contributed by atoms with Crippen LogP contribution in [0.2, 0.25) is 10.0 Å². The highest BCUT2D eigenvalue weighted by Gasteiger charge is 2.26. The number of amides is 2. The van der Waals surface area contributed by atoms with Crippen LogP contribution in [0.25, 0.3) is 0 Å². The standard InChI is InChI=1S/C25H29Cl2N5O/c26-23-8-7-22(14-24(23)27)29-25(33)32-12-10-30(11-13-32)17-21-2-1-9-31(18-21)16-20-5-3-19(15-28)4-6-20/h3-8,14,21H,1-2,9-13,16-18H2,(H,29,33)/t21-/m0/s1. The first kappa shape index (κ1) is 23.8. The molecule has 0 spiro atoms. The Hall–Kier alpha value is -2.30. The van der Waals surface area contributed by atoms with Crippen molar-refractivity contribution in [3.63, 3.8) is 0 Å². The molecule has 1 atom stereocenters. The number of urea groups is 1. The minimum atomic E-state index is -0.0979. The molecule has 2 amide bonds. The van der Waals surface area contributed by atoms with E-state index in [0.29, 0.717) is 27.2 Å². The molecule has 33 heavy (non-hydrogen) atoms. The lowest BCUT2D eigenvalue weighted by Gasteiger charge is -2.39. The summed E-state index contributed by atoms with van der Waals surface area (Å²) < 4.78 is 0. The molecule has 0 aliphatic carbocycles. The molecule has 0 bridgehead atoms. The predicted molar refractivity (Wildman–Crippen MR) is 133 cm³/mol. The molecule has 0 aromatic heterocycles. The highest BCUT2D eigenvalue weighted by Crippen LogP contribution is 2.25. The van der Waals surface area contributed by atoms with E-state index in [4.69, 9.17) is 28.5 Å². The first-order valence-electron chi connectivity index (χ1n) is 11.4. The van der Waals surface area contributed by atoms with Crippen molar-refractivity contribution in [3.8, 4) is 6.07 Å². The van der Waals surface area contributed by atoms with E-state index in [2.05, 4.69) is 33.3 Å². The zero-order valence-corrected chi connectivity index (χ0v) is 20.2. The third-order valence-electron chi connectivity index (χ3n) is 6.44. The van der Waals surface area contributed by atoms with Crippen molar-refractivity contribution >= 4 is 34.9 Å². The number of nitrogens with one attached hydrogen (secondary N) is 1. The molecule has 0 unspecified atom stereocenters. The average Bonchev–Trinajstić information content (AvgIpc) is 2.83. The fourth-order valence-electron chi connectivity index (χ4n) is 4.66. The van der Waals surface area contributed by atoms with E-state index in [9.17, 15) is 4.79 Å². The van der Waals surface area contributed by atoms with Gasteiger partial charge in [0.2, 0.25) is 0 Å². The van der Waals surface area contributed by atoms with Gasteiger partial charge >= 0.3 is 6.03 Å². The summed E-state index contributed by atoms with van der Waals surface area (Å²) in [4.78, 5) is 19.5. The van der Waals surface area contributed by atoms with E-state index in [1.165, 1.54) is 18.4 Å². The van der Waals surface area contributed by atoms with Crippen LogP contribution >= 0.6 is 23.2 Å². The summed E-state index contributed by atoms with van der Waals surface area (Å²) in [5, 5.41) is 12.8. The molecule has 2 aromatic carbocycles. The second kappa shape index (κ2) is 11.2. The molecule has 174 valence electrons. The number of hydrogen-bond donors (Lipinski definition) is 1. The Morgan fingerprint density at radius 2 is 1.76 bits per heavy atom. The van der Waals surface area contributed by atoms with Crippen LogP contribution in [0.4, 0.5) is 10.5 Å². The minimum Gasteiger partial charge on any atom is -0.322 e. The molecule has 6 nitrogen and oxygen atoms in total. The van der Waals surface area contributed by atoms with Gasteiger partial charge < -0.3 is 10.2 Å². The monoisotopic (exact) mass is 485 g/mol. The van der Waals surface area contributed by atoms with Gasteiger partial charge in [-0.3, -0.25) is 9.80 Å². The minimum absolute atomic E-state index is 0.0979. The highest BCUT2D eigenvalue weighted by molar-refractivity contribution is 6.42. The zero-order chi connectivity index (χ0) is 23.2. The van der Waals surface area contributed by atoms with Gasteiger partial charge in [0, 0.05) is 51.5 Å². The number of carbonyl (C=O) groups excluding carboxylic acids is 1. The maximum absolute atomic E-state index is 12.6. The molecule has 2 fully saturated rings. The number of hydrogen-bond acceptors (Lipinski definition) is 4. The summed E-state index contributed by atoms with van der Waals surface area (Å²) in [6, 6.07) is 15.1. The molecule has 1 N–H and O–H groups in total. The normalized spacial score (nSPS) is 19.8. The largest absolute Gasteiger partial charge is 0.322 e. The van der Waals surface area contributed by atoms with Gasteiger partial charge in [-0.15, -0.1) is 0 Å². The number of piperazine rings is 1. The molecule has 2 heterocycles. The van der Waals surface area contributed by atoms with E-state index in [-0.39, 0.29) is 6.03 Å². The Morgan fingerprint density at radius 3 is 2.45 bits per heavy atom. The van der Waals surface area contributed by atoms with Gasteiger partial charge in [0.05, 0.1) is 21.7 Å². The van der Waals surface area contributed by atoms with Crippen molar-refractivity contribution in [2.75, 3.05) is 51.1 Å². The van der Waals surface area contributed by atoms with Gasteiger partial charge in [-0.1, -0.05) is 35.3 Å². The topological polar surface area (TPSA) is 62.6 Å². The van der Waals surface area contributed by atoms with Gasteiger partial charge in [-0.2, -0.15) is 5.26 Å². The third-order valence-corrected chi connectivity index (χ3v) is 7.18. The first-order valence-corrected chi connectivity index (χ1v) is 12.2. The summed E-state index contributed by atoms with van der Waals surface area (Å²) in [6.45, 7) is 7.44. The Bertz CT molecular complexity index is 999. The van der Waals surface area contributed by atoms with Gasteiger partial charge in [-0.25, -0.2) is 4.79 Å². The summed E-state index contributed by atoms with van der Waals surface area (Å²) >= 11 is 12.0. The number of anilines is 1. The average molecular weight is 486 g/mol. The Labute approximate surface area is 205 Å². The molecule has 2 aromatic rings. The van der Waals surface area contributed by atoms with Crippen molar-refractivity contribution in [2.45, 2.75) is 19.4 Å². The molecule has 2 saturated heterocycles. The lowest BCUT2D eigenvalue weighted by atomic mass is 9.96. The van der Waals surface area contributed by atoms with Crippen molar-refractivity contribution in [1.29, 1.82) is 5.26 Å². The quantitative estimate of drug-likeness (QED) is 0.652. The number of likely N-dealkylation sites (tertiary alicyclic amines) is 1. The number of nitriles is 1. The molecule has 0 saturated carbocycles. The third kappa shape index (κ3) is 6.61. The molecule has 4 rings (SSSR count). The van der Waals surface area contributed by atoms with Crippen molar-refractivity contribution in [1.82, 2.24) is 14.7 Å². The van der Waals surface area contributed by atoms with Gasteiger partial charge in [0.1, 0.15) is 0 Å². The highest BCUT2D eigenvalue weighted by atomic mass is 35.5. The number of halogens is 2. The fourth-order valence-corrected chi connectivity index (χ4v) is 4.96. The molecule has 2 aliphatic heterocycles. The SMILES string of the molecule is N#Cc1ccc(CN2CCC[C@@H](CN3CCN(C(=O)Nc4ccc(Cl)c(Cl)c4)CC3)C2)cc1. The number of benzene rings is 2. The first-order chi connectivity index (χ1) is 16.0. The van der Waals surface area contributed by atoms with Crippen LogP contribution in [0.5, 0.6) is 0 Å². The number of rotatable bonds is 5. The summed E-state index contributed by atoms with van der Waals surface area (Å²) in [5.74, 6) is 0.647. The molecular formula is C25H29Cl2N5O. The van der Waals surface area contributed by atoms with E-state index >= 15 is 0 Å². The van der Waals surface area contributed by atoms with Crippen LogP contribution in [-0.4, -0.2) is 66.5 Å². The summed E-state index contributed by atoms with van der Waals surface area (Å²) in [5.41, 5.74) is 2.62. The van der Waals surface area contributed by atoms with Crippen LogP contribution in [-0.2, 0) is 6.54 Å². The summed E-state index contributed by atoms with van der Waals surface area (Å²) in [6.07, 6.45) is 2.47. The Kier molecular flexibility index (Phi) is 8.11. The van der Waals surface area contributed by atoms with Crippen molar-refractivity contribution in [2.24, 2.45) is 5.92 Å². The zero-order valence-electron chi connectivity index (χ0n) is 18.6. The molecule has 2 aliphatic rings. The lowest BCUT2D eigenvalue weighted by molar-refractivity contribution is 0.0984. The van der Waals surface area contributed by atoms with Crippen molar-refractivity contribution < 1.29 is 4.79 Å². The second-order valence-electron chi connectivity index (χ2n) is 8.90. The van der Waals surface area contributed by atoms with E-state index in [0.717, 1.165) is 52.4 Å². The van der Waals surface area contributed by atoms with Crippen molar-refractivity contribution in [3.05, 3.63) is 63.6 Å². The van der Waals surface area contributed by atoms with Crippen LogP contribution in [0.15, 0.2) is 42.5 Å². The van der Waals surface area contributed by atoms with E-state index in [1.807, 2.05) is 17.0 Å². The maximum Gasteiger partial charge on any atom is 0.321 e. The lowest BCUT2D eigenvalue weighted by Crippen LogP contribution is -2.52. The number of carbonyl (C=O) groups is 1. The fraction of sp³-hybridized carbons (Fsp3) is 0.440. The van der Waals surface area contributed by atoms with E-state index < -0.39 is 0 Å². The molecule has 0 radical (unpaired) electrons. The maximum atomic E-state index is 12.6. The van der Waals surface area contributed by atoms with Crippen LogP contribution in [0.1, 0.15) is 24.0 Å². The predicted octanol–water partition coefficient (Wildman–Crippen LogP) is 4.93. The Morgan fingerprint density at radius 1 is 1.00 bits per heavy atom. The summed E-state index contributed by atoms with van der Waals surface area (Å²) in [7, 11) is 0. The van der Waals surface area contributed by atoms with E-state index in [1.54, 1.807) is 18.2 Å². The van der Waals surface area contributed by atoms with Gasteiger partial charge in [0.15, 0.2) is 0 Å². The number of nitrogens with zero attached hydrogens (tertiary/aromatic N) is 4. The van der Waals surface area contributed by atoms with Crippen LogP contribution < -0.4 is 5.32 Å². The molecular weight excluding hydrogens is 457 g/mol. The smallest absolute Gasteiger partial charge is 0.321 e. The Balaban J connectivity index is 1.21. The van der Waals surface area contributed by atoms with Crippen LogP contribution in [0.3, 0.4) is 0 Å². The van der Waals surface area contributed by atoms with Crippen LogP contribution in [0, 0.1) is 17.2 Å². The second-order valence-corrected chi connectivity index (χ2v) is 9.71. The molecule has 8 heteroatoms.